The Morgan fingerprint density at radius 3 is 2.72 bits per heavy atom. The molecule has 3 aromatic rings. The van der Waals surface area contributed by atoms with Crippen molar-refractivity contribution in [3.63, 3.8) is 0 Å². The molecule has 2 heterocycles. The molecule has 1 amide bonds. The Morgan fingerprint density at radius 2 is 1.93 bits per heavy atom. The van der Waals surface area contributed by atoms with Crippen molar-refractivity contribution >= 4 is 22.6 Å². The number of hydrogen-bond acceptors (Lipinski definition) is 5. The molecule has 0 aliphatic carbocycles. The van der Waals surface area contributed by atoms with Gasteiger partial charge in [-0.3, -0.25) is 4.79 Å². The molecule has 2 aromatic carbocycles. The van der Waals surface area contributed by atoms with Crippen LogP contribution in [0.3, 0.4) is 0 Å². The minimum atomic E-state index is -0.272. The van der Waals surface area contributed by atoms with Gasteiger partial charge in [-0.1, -0.05) is 42.5 Å². The number of carbonyl (C=O) groups is 1. The van der Waals surface area contributed by atoms with Crippen LogP contribution in [0.5, 0.6) is 0 Å². The molecule has 0 radical (unpaired) electrons. The van der Waals surface area contributed by atoms with E-state index in [0.29, 0.717) is 19.5 Å². The first-order valence-corrected chi connectivity index (χ1v) is 10.6. The second kappa shape index (κ2) is 9.13. The highest BCUT2D eigenvalue weighted by Gasteiger charge is 2.27. The second-order valence-electron chi connectivity index (χ2n) is 7.28. The maximum absolute atomic E-state index is 13.0. The van der Waals surface area contributed by atoms with Crippen LogP contribution in [0.15, 0.2) is 54.6 Å². The SMILES string of the molecule is O=C(NCc1ccc(F)cc1)[C@@H]1CCCN(c2nc(Cc3ccccc3)ns2)C1. The van der Waals surface area contributed by atoms with E-state index < -0.39 is 0 Å². The minimum Gasteiger partial charge on any atom is -0.352 e. The maximum atomic E-state index is 13.0. The van der Waals surface area contributed by atoms with E-state index in [1.807, 2.05) is 18.2 Å². The van der Waals surface area contributed by atoms with Gasteiger partial charge in [-0.2, -0.15) is 4.37 Å². The van der Waals surface area contributed by atoms with Crippen molar-refractivity contribution < 1.29 is 9.18 Å². The zero-order valence-electron chi connectivity index (χ0n) is 16.1. The van der Waals surface area contributed by atoms with Crippen molar-refractivity contribution in [2.24, 2.45) is 5.92 Å². The summed E-state index contributed by atoms with van der Waals surface area (Å²) in [6.07, 6.45) is 2.52. The third-order valence-corrected chi connectivity index (χ3v) is 5.92. The standard InChI is InChI=1S/C22H23FN4OS/c23-19-10-8-17(9-11-19)14-24-21(28)18-7-4-12-27(15-18)22-25-20(26-29-22)13-16-5-2-1-3-6-16/h1-3,5-6,8-11,18H,4,7,12-15H2,(H,24,28)/t18-/m1/s1. The Labute approximate surface area is 173 Å². The summed E-state index contributed by atoms with van der Waals surface area (Å²) in [6.45, 7) is 1.95. The minimum absolute atomic E-state index is 0.0352. The van der Waals surface area contributed by atoms with Crippen molar-refractivity contribution in [1.82, 2.24) is 14.7 Å². The number of hydrogen-bond donors (Lipinski definition) is 1. The molecule has 1 aliphatic rings. The van der Waals surface area contributed by atoms with E-state index in [2.05, 4.69) is 26.7 Å². The molecule has 7 heteroatoms. The van der Waals surface area contributed by atoms with Gasteiger partial charge in [0.1, 0.15) is 11.6 Å². The molecule has 1 atom stereocenters. The quantitative estimate of drug-likeness (QED) is 0.672. The summed E-state index contributed by atoms with van der Waals surface area (Å²) >= 11 is 1.40. The summed E-state index contributed by atoms with van der Waals surface area (Å²) in [5.74, 6) is 0.504. The summed E-state index contributed by atoms with van der Waals surface area (Å²) in [6, 6.07) is 16.4. The molecule has 5 nitrogen and oxygen atoms in total. The molecule has 0 spiro atoms. The van der Waals surface area contributed by atoms with Crippen LogP contribution in [0.2, 0.25) is 0 Å². The number of aromatic nitrogens is 2. The highest BCUT2D eigenvalue weighted by molar-refractivity contribution is 7.09. The fourth-order valence-corrected chi connectivity index (χ4v) is 4.24. The number of piperidine rings is 1. The van der Waals surface area contributed by atoms with Gasteiger partial charge >= 0.3 is 0 Å². The first kappa shape index (κ1) is 19.5. The molecular formula is C22H23FN4OS. The molecular weight excluding hydrogens is 387 g/mol. The van der Waals surface area contributed by atoms with Crippen molar-refractivity contribution in [1.29, 1.82) is 0 Å². The highest BCUT2D eigenvalue weighted by Crippen LogP contribution is 2.25. The van der Waals surface area contributed by atoms with Gasteiger partial charge in [-0.15, -0.1) is 0 Å². The van der Waals surface area contributed by atoms with Crippen LogP contribution in [-0.4, -0.2) is 28.4 Å². The van der Waals surface area contributed by atoms with Gasteiger partial charge in [0, 0.05) is 37.6 Å². The molecule has 1 fully saturated rings. The molecule has 4 rings (SSSR count). The van der Waals surface area contributed by atoms with E-state index in [4.69, 9.17) is 4.98 Å². The van der Waals surface area contributed by atoms with Crippen molar-refractivity contribution in [3.05, 3.63) is 77.4 Å². The predicted molar refractivity (Wildman–Crippen MR) is 112 cm³/mol. The van der Waals surface area contributed by atoms with Crippen molar-refractivity contribution in [2.45, 2.75) is 25.8 Å². The first-order valence-electron chi connectivity index (χ1n) is 9.81. The zero-order valence-corrected chi connectivity index (χ0v) is 16.9. The molecule has 0 unspecified atom stereocenters. The van der Waals surface area contributed by atoms with Gasteiger partial charge in [-0.05, 0) is 36.1 Å². The Bertz CT molecular complexity index is 945. The Hall–Kier alpha value is -2.80. The number of nitrogens with zero attached hydrogens (tertiary/aromatic N) is 3. The Balaban J connectivity index is 1.33. The van der Waals surface area contributed by atoms with E-state index in [9.17, 15) is 9.18 Å². The number of anilines is 1. The van der Waals surface area contributed by atoms with E-state index in [1.165, 1.54) is 29.2 Å². The fraction of sp³-hybridized carbons (Fsp3) is 0.318. The number of nitrogens with one attached hydrogen (secondary N) is 1. The van der Waals surface area contributed by atoms with Gasteiger partial charge in [-0.25, -0.2) is 9.37 Å². The molecule has 0 bridgehead atoms. The van der Waals surface area contributed by atoms with E-state index in [-0.39, 0.29) is 17.6 Å². The fourth-order valence-electron chi connectivity index (χ4n) is 3.52. The molecule has 1 N–H and O–H groups in total. The van der Waals surface area contributed by atoms with Crippen molar-refractivity contribution in [2.75, 3.05) is 18.0 Å². The van der Waals surface area contributed by atoms with Crippen LogP contribution < -0.4 is 10.2 Å². The topological polar surface area (TPSA) is 58.1 Å². The van der Waals surface area contributed by atoms with Crippen LogP contribution >= 0.6 is 11.5 Å². The number of carbonyl (C=O) groups excluding carboxylic acids is 1. The molecule has 150 valence electrons. The van der Waals surface area contributed by atoms with E-state index in [0.717, 1.165) is 35.9 Å². The van der Waals surface area contributed by atoms with Crippen LogP contribution in [0.25, 0.3) is 0 Å². The average Bonchev–Trinajstić information content (AvgIpc) is 3.22. The first-order chi connectivity index (χ1) is 14.2. The summed E-state index contributed by atoms with van der Waals surface area (Å²) in [5, 5.41) is 3.86. The van der Waals surface area contributed by atoms with Gasteiger partial charge in [0.05, 0.1) is 5.92 Å². The summed E-state index contributed by atoms with van der Waals surface area (Å²) < 4.78 is 17.5. The van der Waals surface area contributed by atoms with Crippen LogP contribution in [0, 0.1) is 11.7 Å². The normalized spacial score (nSPS) is 16.6. The number of halogens is 1. The summed E-state index contributed by atoms with van der Waals surface area (Å²) in [4.78, 5) is 19.5. The summed E-state index contributed by atoms with van der Waals surface area (Å²) in [7, 11) is 0. The lowest BCUT2D eigenvalue weighted by molar-refractivity contribution is -0.125. The molecule has 1 aliphatic heterocycles. The maximum Gasteiger partial charge on any atom is 0.225 e. The molecule has 1 aromatic heterocycles. The third kappa shape index (κ3) is 5.17. The lowest BCUT2D eigenvalue weighted by Gasteiger charge is -2.31. The monoisotopic (exact) mass is 410 g/mol. The predicted octanol–water partition coefficient (Wildman–Crippen LogP) is 3.80. The van der Waals surface area contributed by atoms with Gasteiger partial charge in [0.25, 0.3) is 0 Å². The highest BCUT2D eigenvalue weighted by atomic mass is 32.1. The van der Waals surface area contributed by atoms with Gasteiger partial charge in [0.15, 0.2) is 0 Å². The molecule has 1 saturated heterocycles. The van der Waals surface area contributed by atoms with Crippen LogP contribution in [0.1, 0.15) is 29.8 Å². The van der Waals surface area contributed by atoms with E-state index >= 15 is 0 Å². The largest absolute Gasteiger partial charge is 0.352 e. The Kier molecular flexibility index (Phi) is 6.14. The lowest BCUT2D eigenvalue weighted by Crippen LogP contribution is -2.43. The van der Waals surface area contributed by atoms with Gasteiger partial charge < -0.3 is 10.2 Å². The number of benzene rings is 2. The van der Waals surface area contributed by atoms with Crippen LogP contribution in [0.4, 0.5) is 9.52 Å². The summed E-state index contributed by atoms with van der Waals surface area (Å²) in [5.41, 5.74) is 2.08. The van der Waals surface area contributed by atoms with Crippen LogP contribution in [-0.2, 0) is 17.8 Å². The Morgan fingerprint density at radius 1 is 1.14 bits per heavy atom. The zero-order chi connectivity index (χ0) is 20.1. The second-order valence-corrected chi connectivity index (χ2v) is 8.02. The third-order valence-electron chi connectivity index (χ3n) is 5.11. The average molecular weight is 411 g/mol. The van der Waals surface area contributed by atoms with Gasteiger partial charge in [0.2, 0.25) is 11.0 Å². The van der Waals surface area contributed by atoms with Crippen molar-refractivity contribution in [3.8, 4) is 0 Å². The lowest BCUT2D eigenvalue weighted by atomic mass is 9.97. The number of amides is 1. The smallest absolute Gasteiger partial charge is 0.225 e. The number of rotatable bonds is 6. The van der Waals surface area contributed by atoms with E-state index in [1.54, 1.807) is 12.1 Å². The molecule has 0 saturated carbocycles. The molecule has 29 heavy (non-hydrogen) atoms.